The number of nitrogens with one attached hydrogen (secondary N) is 1. The third-order valence-corrected chi connectivity index (χ3v) is 5.17. The Morgan fingerprint density at radius 2 is 2.38 bits per heavy atom. The fourth-order valence-corrected chi connectivity index (χ4v) is 3.74. The van der Waals surface area contributed by atoms with Gasteiger partial charge in [-0.15, -0.1) is 11.3 Å². The number of carbonyl (C=O) groups excluding carboxylic acids is 2. The summed E-state index contributed by atoms with van der Waals surface area (Å²) in [5.74, 6) is -0.739. The summed E-state index contributed by atoms with van der Waals surface area (Å²) in [6, 6.07) is 3.77. The van der Waals surface area contributed by atoms with Crippen LogP contribution in [0.25, 0.3) is 10.2 Å². The molecule has 130 valence electrons. The van der Waals surface area contributed by atoms with Crippen molar-refractivity contribution in [2.75, 3.05) is 13.2 Å². The van der Waals surface area contributed by atoms with Gasteiger partial charge in [-0.3, -0.25) is 4.79 Å². The van der Waals surface area contributed by atoms with Gasteiger partial charge in [0.2, 0.25) is 0 Å². The second-order valence-corrected chi connectivity index (χ2v) is 6.89. The van der Waals surface area contributed by atoms with Gasteiger partial charge >= 0.3 is 5.97 Å². The molecule has 1 amide bonds. The number of amides is 1. The number of thiophene rings is 1. The quantitative estimate of drug-likeness (QED) is 0.813. The molecule has 2 aromatic rings. The minimum Gasteiger partial charge on any atom is -0.448 e. The van der Waals surface area contributed by atoms with Crippen molar-refractivity contribution >= 4 is 33.4 Å². The molecule has 0 unspecified atom stereocenters. The number of hydrogen-bond acceptors (Lipinski definition) is 5. The summed E-state index contributed by atoms with van der Waals surface area (Å²) in [7, 11) is 1.82. The number of aromatic nitrogens is 1. The Bertz CT molecular complexity index is 730. The van der Waals surface area contributed by atoms with Crippen LogP contribution in [0.15, 0.2) is 17.5 Å². The van der Waals surface area contributed by atoms with E-state index in [4.69, 9.17) is 9.47 Å². The second kappa shape index (κ2) is 7.36. The van der Waals surface area contributed by atoms with Gasteiger partial charge in [0.25, 0.3) is 5.91 Å². The predicted molar refractivity (Wildman–Crippen MR) is 92.3 cm³/mol. The van der Waals surface area contributed by atoms with Crippen molar-refractivity contribution in [3.8, 4) is 0 Å². The summed E-state index contributed by atoms with van der Waals surface area (Å²) in [5.41, 5.74) is 1.45. The highest BCUT2D eigenvalue weighted by Gasteiger charge is 2.25. The molecule has 1 fully saturated rings. The Morgan fingerprint density at radius 3 is 3.04 bits per heavy atom. The molecule has 24 heavy (non-hydrogen) atoms. The lowest BCUT2D eigenvalue weighted by Gasteiger charge is -2.17. The highest BCUT2D eigenvalue weighted by Crippen LogP contribution is 2.24. The lowest BCUT2D eigenvalue weighted by atomic mass is 10.2. The SMILES string of the molecule is CC[C@H](OC(=O)c1cc2sccc2n1C)C(=O)NC[C@H]1CCCO1. The van der Waals surface area contributed by atoms with Gasteiger partial charge in [-0.05, 0) is 36.8 Å². The van der Waals surface area contributed by atoms with Crippen LogP contribution in [0.4, 0.5) is 0 Å². The van der Waals surface area contributed by atoms with Crippen LogP contribution in [0.1, 0.15) is 36.7 Å². The average molecular weight is 350 g/mol. The van der Waals surface area contributed by atoms with Crippen LogP contribution < -0.4 is 5.32 Å². The Balaban J connectivity index is 1.61. The fourth-order valence-electron chi connectivity index (χ4n) is 2.89. The topological polar surface area (TPSA) is 69.6 Å². The van der Waals surface area contributed by atoms with Crippen LogP contribution in [0, 0.1) is 0 Å². The molecule has 3 heterocycles. The van der Waals surface area contributed by atoms with Gasteiger partial charge < -0.3 is 19.4 Å². The third kappa shape index (κ3) is 3.47. The molecule has 1 aliphatic heterocycles. The van der Waals surface area contributed by atoms with Crippen molar-refractivity contribution in [3.63, 3.8) is 0 Å². The molecule has 1 saturated heterocycles. The number of fused-ring (bicyclic) bond motifs is 1. The van der Waals surface area contributed by atoms with Crippen molar-refractivity contribution in [2.45, 2.75) is 38.4 Å². The zero-order valence-electron chi connectivity index (χ0n) is 13.9. The normalized spacial score (nSPS) is 18.7. The first-order valence-electron chi connectivity index (χ1n) is 8.23. The highest BCUT2D eigenvalue weighted by molar-refractivity contribution is 7.17. The molecule has 0 aliphatic carbocycles. The van der Waals surface area contributed by atoms with E-state index in [0.717, 1.165) is 29.7 Å². The van der Waals surface area contributed by atoms with E-state index in [9.17, 15) is 9.59 Å². The highest BCUT2D eigenvalue weighted by atomic mass is 32.1. The largest absolute Gasteiger partial charge is 0.448 e. The van der Waals surface area contributed by atoms with Crippen molar-refractivity contribution in [1.29, 1.82) is 0 Å². The second-order valence-electron chi connectivity index (χ2n) is 5.94. The number of esters is 1. The van der Waals surface area contributed by atoms with E-state index >= 15 is 0 Å². The number of aryl methyl sites for hydroxylation is 1. The zero-order valence-corrected chi connectivity index (χ0v) is 14.7. The van der Waals surface area contributed by atoms with Gasteiger partial charge in [-0.2, -0.15) is 0 Å². The third-order valence-electron chi connectivity index (χ3n) is 4.31. The Labute approximate surface area is 144 Å². The molecule has 1 N–H and O–H groups in total. The molecule has 3 rings (SSSR count). The number of hydrogen-bond donors (Lipinski definition) is 1. The number of rotatable bonds is 6. The summed E-state index contributed by atoms with van der Waals surface area (Å²) in [6.45, 7) is 3.04. The van der Waals surface area contributed by atoms with Crippen LogP contribution >= 0.6 is 11.3 Å². The van der Waals surface area contributed by atoms with Crippen LogP contribution in [0.3, 0.4) is 0 Å². The van der Waals surface area contributed by atoms with Crippen molar-refractivity contribution < 1.29 is 19.1 Å². The van der Waals surface area contributed by atoms with Crippen LogP contribution in [0.5, 0.6) is 0 Å². The number of carbonyl (C=O) groups is 2. The summed E-state index contributed by atoms with van der Waals surface area (Å²) >= 11 is 1.57. The molecule has 0 saturated carbocycles. The maximum atomic E-state index is 12.4. The summed E-state index contributed by atoms with van der Waals surface area (Å²) in [5, 5.41) is 4.80. The average Bonchev–Trinajstić information content (AvgIpc) is 3.29. The standard InChI is InChI=1S/C17H22N2O4S/c1-3-14(16(20)18-10-11-5-4-7-22-11)23-17(21)13-9-15-12(19(13)2)6-8-24-15/h6,8-9,11,14H,3-5,7,10H2,1-2H3,(H,18,20)/t11-,14+/m1/s1. The van der Waals surface area contributed by atoms with Gasteiger partial charge in [-0.1, -0.05) is 6.92 Å². The molecule has 0 aromatic carbocycles. The molecule has 7 heteroatoms. The zero-order chi connectivity index (χ0) is 17.1. The minimum absolute atomic E-state index is 0.0711. The molecular weight excluding hydrogens is 328 g/mol. The van der Waals surface area contributed by atoms with E-state index in [2.05, 4.69) is 5.32 Å². The van der Waals surface area contributed by atoms with Crippen LogP contribution in [0.2, 0.25) is 0 Å². The molecule has 0 bridgehead atoms. The predicted octanol–water partition coefficient (Wildman–Crippen LogP) is 2.47. The van der Waals surface area contributed by atoms with Crippen molar-refractivity contribution in [3.05, 3.63) is 23.2 Å². The number of ether oxygens (including phenoxy) is 2. The van der Waals surface area contributed by atoms with Crippen LogP contribution in [-0.2, 0) is 21.3 Å². The van der Waals surface area contributed by atoms with E-state index in [1.807, 2.05) is 25.4 Å². The molecular formula is C17H22N2O4S. The first-order chi connectivity index (χ1) is 11.6. The van der Waals surface area contributed by atoms with Gasteiger partial charge in [0.05, 0.1) is 16.3 Å². The Morgan fingerprint density at radius 1 is 1.54 bits per heavy atom. The lowest BCUT2D eigenvalue weighted by Crippen LogP contribution is -2.41. The van der Waals surface area contributed by atoms with E-state index in [1.165, 1.54) is 0 Å². The molecule has 1 aliphatic rings. The minimum atomic E-state index is -0.785. The Kier molecular flexibility index (Phi) is 5.20. The summed E-state index contributed by atoms with van der Waals surface area (Å²) in [4.78, 5) is 24.7. The first kappa shape index (κ1) is 17.0. The Hall–Kier alpha value is -1.86. The number of nitrogens with zero attached hydrogens (tertiary/aromatic N) is 1. The molecule has 2 aromatic heterocycles. The first-order valence-corrected chi connectivity index (χ1v) is 9.11. The fraction of sp³-hybridized carbons (Fsp3) is 0.529. The molecule has 0 spiro atoms. The summed E-state index contributed by atoms with van der Waals surface area (Å²) < 4.78 is 13.7. The van der Waals surface area contributed by atoms with Crippen LogP contribution in [-0.4, -0.2) is 41.8 Å². The molecule has 2 atom stereocenters. The van der Waals surface area contributed by atoms with E-state index in [-0.39, 0.29) is 12.0 Å². The smallest absolute Gasteiger partial charge is 0.355 e. The van der Waals surface area contributed by atoms with Gasteiger partial charge in [0.15, 0.2) is 6.10 Å². The monoisotopic (exact) mass is 350 g/mol. The maximum absolute atomic E-state index is 12.4. The summed E-state index contributed by atoms with van der Waals surface area (Å²) in [6.07, 6.45) is 1.70. The van der Waals surface area contributed by atoms with Gasteiger partial charge in [-0.25, -0.2) is 4.79 Å². The van der Waals surface area contributed by atoms with E-state index < -0.39 is 12.1 Å². The molecule has 6 nitrogen and oxygen atoms in total. The van der Waals surface area contributed by atoms with Gasteiger partial charge in [0, 0.05) is 20.2 Å². The van der Waals surface area contributed by atoms with E-state index in [1.54, 1.807) is 22.0 Å². The lowest BCUT2D eigenvalue weighted by molar-refractivity contribution is -0.130. The molecule has 0 radical (unpaired) electrons. The maximum Gasteiger partial charge on any atom is 0.355 e. The van der Waals surface area contributed by atoms with Gasteiger partial charge in [0.1, 0.15) is 5.69 Å². The van der Waals surface area contributed by atoms with E-state index in [0.29, 0.717) is 18.7 Å². The van der Waals surface area contributed by atoms with Crippen molar-refractivity contribution in [1.82, 2.24) is 9.88 Å². The van der Waals surface area contributed by atoms with Crippen molar-refractivity contribution in [2.24, 2.45) is 7.05 Å².